The first kappa shape index (κ1) is 19.6. The lowest BCUT2D eigenvalue weighted by atomic mass is 10.1. The second kappa shape index (κ2) is 8.67. The maximum absolute atomic E-state index is 12.3. The van der Waals surface area contributed by atoms with Crippen molar-refractivity contribution in [3.63, 3.8) is 0 Å². The lowest BCUT2D eigenvalue weighted by Crippen LogP contribution is -2.26. The summed E-state index contributed by atoms with van der Waals surface area (Å²) >= 11 is 0. The summed E-state index contributed by atoms with van der Waals surface area (Å²) in [5.41, 5.74) is 2.20. The number of carbonyl (C=O) groups is 1. The topological polar surface area (TPSA) is 95.5 Å². The van der Waals surface area contributed by atoms with Crippen LogP contribution in [-0.2, 0) is 11.2 Å². The number of ether oxygens (including phenoxy) is 1. The number of nitrogens with one attached hydrogen (secondary N) is 1. The van der Waals surface area contributed by atoms with Gasteiger partial charge in [0.1, 0.15) is 11.9 Å². The van der Waals surface area contributed by atoms with Crippen LogP contribution in [0, 0.1) is 0 Å². The number of aliphatic hydroxyl groups is 1. The normalized spacial score (nSPS) is 15.9. The molecule has 4 rings (SSSR count). The van der Waals surface area contributed by atoms with Crippen LogP contribution in [0.5, 0.6) is 0 Å². The van der Waals surface area contributed by atoms with Gasteiger partial charge in [-0.25, -0.2) is 9.78 Å². The van der Waals surface area contributed by atoms with Gasteiger partial charge in [-0.05, 0) is 29.1 Å². The van der Waals surface area contributed by atoms with Gasteiger partial charge >= 0.3 is 6.09 Å². The Labute approximate surface area is 162 Å². The molecule has 146 valence electrons. The van der Waals surface area contributed by atoms with E-state index in [2.05, 4.69) is 9.97 Å². The third-order valence-corrected chi connectivity index (χ3v) is 4.39. The molecule has 1 saturated heterocycles. The molecule has 0 radical (unpaired) electrons. The zero-order valence-corrected chi connectivity index (χ0v) is 15.9. The van der Waals surface area contributed by atoms with E-state index in [0.717, 1.165) is 16.5 Å². The standard InChI is InChI=1S/C19H17N3O4.C2H6/c23-11-15-10-22(19(25)26-15)17-6-5-12(9-20-17)7-14-8-13-3-1-2-4-16(13)21-18(14)24;1-2/h1-6,8-9,15,23H,7,10-11H2,(H,21,24);1-2H3. The van der Waals surface area contributed by atoms with Crippen LogP contribution in [0.4, 0.5) is 10.6 Å². The van der Waals surface area contributed by atoms with Crippen LogP contribution in [0.1, 0.15) is 25.0 Å². The van der Waals surface area contributed by atoms with E-state index >= 15 is 0 Å². The average molecular weight is 381 g/mol. The molecule has 1 unspecified atom stereocenters. The predicted octanol–water partition coefficient (Wildman–Crippen LogP) is 2.86. The van der Waals surface area contributed by atoms with E-state index in [0.29, 0.717) is 17.8 Å². The summed E-state index contributed by atoms with van der Waals surface area (Å²) < 4.78 is 5.01. The Morgan fingerprint density at radius 2 is 2.00 bits per heavy atom. The fraction of sp³-hybridized carbons (Fsp3) is 0.286. The number of hydrogen-bond donors (Lipinski definition) is 2. The number of amides is 1. The maximum Gasteiger partial charge on any atom is 0.416 e. The molecule has 0 saturated carbocycles. The molecule has 3 aromatic rings. The van der Waals surface area contributed by atoms with Gasteiger partial charge in [0.25, 0.3) is 5.56 Å². The Morgan fingerprint density at radius 3 is 2.68 bits per heavy atom. The smallest absolute Gasteiger partial charge is 0.416 e. The minimum Gasteiger partial charge on any atom is -0.441 e. The number of H-pyrrole nitrogens is 1. The number of cyclic esters (lactones) is 1. The SMILES string of the molecule is CC.O=C1OC(CO)CN1c1ccc(Cc2cc3ccccc3[nH]c2=O)cn1. The number of rotatable bonds is 4. The molecule has 1 aliphatic heterocycles. The number of aromatic nitrogens is 2. The molecule has 0 spiro atoms. The number of nitrogens with zero attached hydrogens (tertiary/aromatic N) is 2. The van der Waals surface area contributed by atoms with Crippen molar-refractivity contribution < 1.29 is 14.6 Å². The van der Waals surface area contributed by atoms with Crippen LogP contribution in [0.25, 0.3) is 10.9 Å². The highest BCUT2D eigenvalue weighted by molar-refractivity contribution is 5.88. The lowest BCUT2D eigenvalue weighted by Gasteiger charge is -2.12. The molecule has 7 heteroatoms. The average Bonchev–Trinajstić information content (AvgIpc) is 3.11. The zero-order chi connectivity index (χ0) is 20.1. The third kappa shape index (κ3) is 4.04. The van der Waals surface area contributed by atoms with Crippen molar-refractivity contribution >= 4 is 22.8 Å². The van der Waals surface area contributed by atoms with Gasteiger partial charge in [-0.2, -0.15) is 0 Å². The largest absolute Gasteiger partial charge is 0.441 e. The van der Waals surface area contributed by atoms with Gasteiger partial charge in [-0.15, -0.1) is 0 Å². The number of hydrogen-bond acceptors (Lipinski definition) is 5. The van der Waals surface area contributed by atoms with Crippen molar-refractivity contribution in [2.24, 2.45) is 0 Å². The van der Waals surface area contributed by atoms with Crippen molar-refractivity contribution in [1.82, 2.24) is 9.97 Å². The van der Waals surface area contributed by atoms with Gasteiger partial charge in [0.2, 0.25) is 0 Å². The summed E-state index contributed by atoms with van der Waals surface area (Å²) in [5, 5.41) is 10.1. The summed E-state index contributed by atoms with van der Waals surface area (Å²) in [6.07, 6.45) is 1.04. The van der Waals surface area contributed by atoms with Gasteiger partial charge in [-0.3, -0.25) is 9.69 Å². The minimum atomic E-state index is -0.528. The van der Waals surface area contributed by atoms with Gasteiger partial charge in [0.05, 0.1) is 13.2 Å². The van der Waals surface area contributed by atoms with Crippen LogP contribution in [0.15, 0.2) is 53.5 Å². The van der Waals surface area contributed by atoms with E-state index in [1.807, 2.05) is 50.2 Å². The van der Waals surface area contributed by atoms with Crippen LogP contribution in [0.3, 0.4) is 0 Å². The van der Waals surface area contributed by atoms with Crippen molar-refractivity contribution in [3.05, 3.63) is 70.1 Å². The molecule has 1 aliphatic rings. The van der Waals surface area contributed by atoms with E-state index in [1.54, 1.807) is 12.3 Å². The molecule has 28 heavy (non-hydrogen) atoms. The first-order valence-corrected chi connectivity index (χ1v) is 9.29. The molecule has 7 nitrogen and oxygen atoms in total. The quantitative estimate of drug-likeness (QED) is 0.725. The van der Waals surface area contributed by atoms with Gasteiger partial charge in [0.15, 0.2) is 0 Å². The minimum absolute atomic E-state index is 0.123. The summed E-state index contributed by atoms with van der Waals surface area (Å²) in [5.74, 6) is 0.460. The van der Waals surface area contributed by atoms with Crippen LogP contribution < -0.4 is 10.5 Å². The fourth-order valence-electron chi connectivity index (χ4n) is 3.03. The van der Waals surface area contributed by atoms with E-state index < -0.39 is 12.2 Å². The molecular weight excluding hydrogens is 358 g/mol. The van der Waals surface area contributed by atoms with E-state index in [-0.39, 0.29) is 18.7 Å². The molecule has 1 atom stereocenters. The van der Waals surface area contributed by atoms with Crippen molar-refractivity contribution in [1.29, 1.82) is 0 Å². The second-order valence-corrected chi connectivity index (χ2v) is 6.21. The highest BCUT2D eigenvalue weighted by Crippen LogP contribution is 2.20. The molecule has 3 heterocycles. The van der Waals surface area contributed by atoms with Crippen molar-refractivity contribution in [2.45, 2.75) is 26.4 Å². The summed E-state index contributed by atoms with van der Waals surface area (Å²) in [6.45, 7) is 4.05. The molecule has 2 N–H and O–H groups in total. The zero-order valence-electron chi connectivity index (χ0n) is 15.9. The molecule has 0 bridgehead atoms. The van der Waals surface area contributed by atoms with Crippen molar-refractivity contribution in [3.8, 4) is 0 Å². The number of fused-ring (bicyclic) bond motifs is 1. The lowest BCUT2D eigenvalue weighted by molar-refractivity contribution is 0.0963. The molecule has 1 fully saturated rings. The van der Waals surface area contributed by atoms with Crippen molar-refractivity contribution in [2.75, 3.05) is 18.1 Å². The molecule has 0 aliphatic carbocycles. The van der Waals surface area contributed by atoms with E-state index in [9.17, 15) is 9.59 Å². The van der Waals surface area contributed by atoms with Gasteiger partial charge < -0.3 is 14.8 Å². The Balaban J connectivity index is 0.00000109. The number of aliphatic hydroxyl groups excluding tert-OH is 1. The molecular formula is C21H23N3O4. The Kier molecular flexibility index (Phi) is 6.06. The molecule has 1 aromatic carbocycles. The van der Waals surface area contributed by atoms with Crippen LogP contribution >= 0.6 is 0 Å². The van der Waals surface area contributed by atoms with Gasteiger partial charge in [-0.1, -0.05) is 38.1 Å². The third-order valence-electron chi connectivity index (χ3n) is 4.39. The highest BCUT2D eigenvalue weighted by atomic mass is 16.6. The van der Waals surface area contributed by atoms with Crippen LogP contribution in [-0.4, -0.2) is 40.4 Å². The Hall–Kier alpha value is -3.19. The first-order chi connectivity index (χ1) is 13.6. The Morgan fingerprint density at radius 1 is 1.21 bits per heavy atom. The number of carbonyl (C=O) groups excluding carboxylic acids is 1. The maximum atomic E-state index is 12.3. The number of pyridine rings is 2. The molecule has 2 aromatic heterocycles. The van der Waals surface area contributed by atoms with Gasteiger partial charge in [0, 0.05) is 23.7 Å². The number of para-hydroxylation sites is 1. The monoisotopic (exact) mass is 381 g/mol. The van der Waals surface area contributed by atoms with E-state index in [4.69, 9.17) is 9.84 Å². The number of aromatic amines is 1. The first-order valence-electron chi connectivity index (χ1n) is 9.29. The summed E-state index contributed by atoms with van der Waals surface area (Å²) in [4.78, 5) is 32.6. The number of benzene rings is 1. The Bertz CT molecular complexity index is 1010. The summed E-state index contributed by atoms with van der Waals surface area (Å²) in [6, 6.07) is 13.0. The highest BCUT2D eigenvalue weighted by Gasteiger charge is 2.32. The van der Waals surface area contributed by atoms with E-state index in [1.165, 1.54) is 4.90 Å². The second-order valence-electron chi connectivity index (χ2n) is 6.21. The summed E-state index contributed by atoms with van der Waals surface area (Å²) in [7, 11) is 0. The number of anilines is 1. The fourth-order valence-corrected chi connectivity index (χ4v) is 3.03. The molecule has 1 amide bonds. The predicted molar refractivity (Wildman–Crippen MR) is 108 cm³/mol. The van der Waals surface area contributed by atoms with Crippen LogP contribution in [0.2, 0.25) is 0 Å².